The number of hydrogen-bond acceptors (Lipinski definition) is 5. The molecule has 1 saturated heterocycles. The van der Waals surface area contributed by atoms with Crippen molar-refractivity contribution in [1.29, 1.82) is 0 Å². The van der Waals surface area contributed by atoms with E-state index >= 15 is 0 Å². The van der Waals surface area contributed by atoms with Crippen molar-refractivity contribution in [1.82, 2.24) is 0 Å². The van der Waals surface area contributed by atoms with E-state index in [0.717, 1.165) is 24.0 Å². The van der Waals surface area contributed by atoms with E-state index in [2.05, 4.69) is 4.74 Å². The van der Waals surface area contributed by atoms with Crippen molar-refractivity contribution in [3.8, 4) is 0 Å². The van der Waals surface area contributed by atoms with Crippen molar-refractivity contribution in [2.24, 2.45) is 0 Å². The summed E-state index contributed by atoms with van der Waals surface area (Å²) in [6.07, 6.45) is -3.45. The second-order valence-electron chi connectivity index (χ2n) is 4.78. The van der Waals surface area contributed by atoms with E-state index in [9.17, 15) is 23.2 Å². The molecule has 0 saturated carbocycles. The van der Waals surface area contributed by atoms with Gasteiger partial charge in [-0.05, 0) is 12.1 Å². The summed E-state index contributed by atoms with van der Waals surface area (Å²) < 4.78 is 36.3. The third kappa shape index (κ3) is 3.81. The molecular formula is C14H13F2NO6. The van der Waals surface area contributed by atoms with Crippen LogP contribution in [0.1, 0.15) is 6.92 Å². The minimum Gasteiger partial charge on any atom is -0.478 e. The van der Waals surface area contributed by atoms with Crippen molar-refractivity contribution in [3.63, 3.8) is 0 Å². The number of morpholine rings is 1. The van der Waals surface area contributed by atoms with Crippen LogP contribution in [0.25, 0.3) is 0 Å². The molecule has 2 atom stereocenters. The lowest BCUT2D eigenvalue weighted by atomic mass is 10.1. The molecule has 1 amide bonds. The molecule has 1 fully saturated rings. The number of carbonyl (C=O) groups is 3. The molecule has 0 radical (unpaired) electrons. The van der Waals surface area contributed by atoms with Crippen molar-refractivity contribution in [2.75, 3.05) is 18.1 Å². The first-order valence-corrected chi connectivity index (χ1v) is 6.58. The standard InChI is InChI=1S/C14H13F2NO6/c1-7(18)23-12(14(20)21)11-13(19)17(2-3-22-11)10-5-8(15)4-9(16)6-10/h4-6,11-12H,2-3H2,1H3,(H,20,21)/t11-,12-/m1/s1. The van der Waals surface area contributed by atoms with Crippen LogP contribution in [0.15, 0.2) is 18.2 Å². The average Bonchev–Trinajstić information content (AvgIpc) is 2.43. The van der Waals surface area contributed by atoms with E-state index in [-0.39, 0.29) is 18.8 Å². The summed E-state index contributed by atoms with van der Waals surface area (Å²) in [7, 11) is 0. The molecular weight excluding hydrogens is 316 g/mol. The molecule has 0 aliphatic carbocycles. The predicted molar refractivity (Wildman–Crippen MR) is 71.6 cm³/mol. The summed E-state index contributed by atoms with van der Waals surface area (Å²) in [4.78, 5) is 35.5. The Kier molecular flexibility index (Phi) is 4.89. The van der Waals surface area contributed by atoms with Gasteiger partial charge in [-0.1, -0.05) is 0 Å². The molecule has 7 nitrogen and oxygen atoms in total. The number of carboxylic acids is 1. The molecule has 124 valence electrons. The number of aliphatic carboxylic acids is 1. The third-order valence-corrected chi connectivity index (χ3v) is 3.09. The molecule has 0 aromatic heterocycles. The van der Waals surface area contributed by atoms with Crippen LogP contribution in [0, 0.1) is 11.6 Å². The van der Waals surface area contributed by atoms with Gasteiger partial charge in [0.2, 0.25) is 6.10 Å². The molecule has 1 aromatic rings. The quantitative estimate of drug-likeness (QED) is 0.818. The Bertz CT molecular complexity index is 630. The summed E-state index contributed by atoms with van der Waals surface area (Å²) >= 11 is 0. The zero-order chi connectivity index (χ0) is 17.1. The maximum absolute atomic E-state index is 13.3. The highest BCUT2D eigenvalue weighted by Gasteiger charge is 2.42. The minimum absolute atomic E-state index is 0.0232. The highest BCUT2D eigenvalue weighted by Crippen LogP contribution is 2.23. The summed E-state index contributed by atoms with van der Waals surface area (Å²) in [5, 5.41) is 9.09. The topological polar surface area (TPSA) is 93.1 Å². The van der Waals surface area contributed by atoms with Gasteiger partial charge in [-0.25, -0.2) is 13.6 Å². The zero-order valence-electron chi connectivity index (χ0n) is 12.0. The molecule has 0 bridgehead atoms. The summed E-state index contributed by atoms with van der Waals surface area (Å²) in [5.41, 5.74) is -0.0761. The van der Waals surface area contributed by atoms with Gasteiger partial charge in [-0.15, -0.1) is 0 Å². The number of esters is 1. The van der Waals surface area contributed by atoms with Crippen LogP contribution in [-0.2, 0) is 23.9 Å². The van der Waals surface area contributed by atoms with Crippen LogP contribution in [-0.4, -0.2) is 48.3 Å². The van der Waals surface area contributed by atoms with Gasteiger partial charge in [-0.2, -0.15) is 0 Å². The number of nitrogens with zero attached hydrogens (tertiary/aromatic N) is 1. The van der Waals surface area contributed by atoms with Gasteiger partial charge < -0.3 is 19.5 Å². The van der Waals surface area contributed by atoms with E-state index in [4.69, 9.17) is 9.84 Å². The molecule has 1 aliphatic heterocycles. The van der Waals surface area contributed by atoms with Gasteiger partial charge in [-0.3, -0.25) is 9.59 Å². The first kappa shape index (κ1) is 16.8. The van der Waals surface area contributed by atoms with Crippen LogP contribution in [0.2, 0.25) is 0 Å². The first-order valence-electron chi connectivity index (χ1n) is 6.58. The number of carbonyl (C=O) groups excluding carboxylic acids is 2. The van der Waals surface area contributed by atoms with Gasteiger partial charge in [0.05, 0.1) is 6.61 Å². The van der Waals surface area contributed by atoms with E-state index in [1.165, 1.54) is 0 Å². The second kappa shape index (κ2) is 6.69. The molecule has 0 spiro atoms. The van der Waals surface area contributed by atoms with Crippen molar-refractivity contribution >= 4 is 23.5 Å². The van der Waals surface area contributed by atoms with Crippen LogP contribution in [0.4, 0.5) is 14.5 Å². The maximum Gasteiger partial charge on any atom is 0.348 e. The monoisotopic (exact) mass is 329 g/mol. The Morgan fingerprint density at radius 1 is 1.35 bits per heavy atom. The van der Waals surface area contributed by atoms with Gasteiger partial charge >= 0.3 is 11.9 Å². The molecule has 9 heteroatoms. The van der Waals surface area contributed by atoms with E-state index < -0.39 is 41.7 Å². The molecule has 1 heterocycles. The van der Waals surface area contributed by atoms with Gasteiger partial charge in [0, 0.05) is 25.2 Å². The van der Waals surface area contributed by atoms with Gasteiger partial charge in [0.15, 0.2) is 6.10 Å². The normalized spacial score (nSPS) is 19.3. The lowest BCUT2D eigenvalue weighted by Crippen LogP contribution is -2.55. The summed E-state index contributed by atoms with van der Waals surface area (Å²) in [6, 6.07) is 2.51. The van der Waals surface area contributed by atoms with Crippen LogP contribution in [0.5, 0.6) is 0 Å². The van der Waals surface area contributed by atoms with E-state index in [1.807, 2.05) is 0 Å². The molecule has 1 aromatic carbocycles. The van der Waals surface area contributed by atoms with Crippen molar-refractivity contribution in [2.45, 2.75) is 19.1 Å². The fourth-order valence-corrected chi connectivity index (χ4v) is 2.19. The predicted octanol–water partition coefficient (Wildman–Crippen LogP) is 0.713. The number of halogens is 2. The minimum atomic E-state index is -1.85. The SMILES string of the molecule is CC(=O)O[C@@H](C(=O)O)[C@H]1OCCN(c2cc(F)cc(F)c2)C1=O. The Balaban J connectivity index is 2.29. The highest BCUT2D eigenvalue weighted by molar-refractivity contribution is 6.00. The Morgan fingerprint density at radius 3 is 2.48 bits per heavy atom. The number of amides is 1. The average molecular weight is 329 g/mol. The Labute approximate surface area is 129 Å². The lowest BCUT2D eigenvalue weighted by molar-refractivity contribution is -0.177. The number of hydrogen-bond donors (Lipinski definition) is 1. The van der Waals surface area contributed by atoms with Crippen LogP contribution in [0.3, 0.4) is 0 Å². The van der Waals surface area contributed by atoms with Crippen LogP contribution < -0.4 is 4.90 Å². The van der Waals surface area contributed by atoms with Crippen molar-refractivity contribution in [3.05, 3.63) is 29.8 Å². The summed E-state index contributed by atoms with van der Waals surface area (Å²) in [6.45, 7) is 0.882. The Morgan fingerprint density at radius 2 is 1.96 bits per heavy atom. The highest BCUT2D eigenvalue weighted by atomic mass is 19.1. The fourth-order valence-electron chi connectivity index (χ4n) is 2.19. The largest absolute Gasteiger partial charge is 0.478 e. The molecule has 1 aliphatic rings. The zero-order valence-corrected chi connectivity index (χ0v) is 12.0. The fraction of sp³-hybridized carbons (Fsp3) is 0.357. The van der Waals surface area contributed by atoms with Crippen molar-refractivity contribution < 1.29 is 37.7 Å². The maximum atomic E-state index is 13.3. The number of anilines is 1. The first-order chi connectivity index (χ1) is 10.8. The number of benzene rings is 1. The molecule has 2 rings (SSSR count). The summed E-state index contributed by atoms with van der Waals surface area (Å²) in [5.74, 6) is -5.10. The van der Waals surface area contributed by atoms with Gasteiger partial charge in [0.25, 0.3) is 5.91 Å². The molecule has 23 heavy (non-hydrogen) atoms. The second-order valence-corrected chi connectivity index (χ2v) is 4.78. The Hall–Kier alpha value is -2.55. The number of ether oxygens (including phenoxy) is 2. The van der Waals surface area contributed by atoms with E-state index in [1.54, 1.807) is 0 Å². The number of rotatable bonds is 4. The third-order valence-electron chi connectivity index (χ3n) is 3.09. The van der Waals surface area contributed by atoms with E-state index in [0.29, 0.717) is 6.07 Å². The van der Waals surface area contributed by atoms with Gasteiger partial charge in [0.1, 0.15) is 11.6 Å². The van der Waals surface area contributed by atoms with Crippen LogP contribution >= 0.6 is 0 Å². The number of carboxylic acid groups (broad SMARTS) is 1. The molecule has 1 N–H and O–H groups in total. The lowest BCUT2D eigenvalue weighted by Gasteiger charge is -2.34. The smallest absolute Gasteiger partial charge is 0.348 e. The molecule has 0 unspecified atom stereocenters.